The van der Waals surface area contributed by atoms with Gasteiger partial charge in [-0.2, -0.15) is 18.3 Å². The number of H-pyrrole nitrogens is 1. The number of fused-ring (bicyclic) bond motifs is 3. The molecule has 2 fully saturated rings. The molecule has 2 aromatic carbocycles. The number of benzene rings is 2. The lowest BCUT2D eigenvalue weighted by molar-refractivity contribution is -0.141. The second-order valence-electron chi connectivity index (χ2n) is 10.5. The van der Waals surface area contributed by atoms with Gasteiger partial charge in [-0.3, -0.25) is 14.5 Å². The number of hydrogen-bond donors (Lipinski definition) is 2. The topological polar surface area (TPSA) is 97.7 Å². The van der Waals surface area contributed by atoms with Crippen LogP contribution in [-0.4, -0.2) is 77.8 Å². The Morgan fingerprint density at radius 2 is 1.82 bits per heavy atom. The normalized spacial score (nSPS) is 17.8. The molecule has 0 radical (unpaired) electrons. The number of aromatic nitrogens is 2. The number of carbonyl (C=O) groups is 1. The molecule has 0 saturated carbocycles. The van der Waals surface area contributed by atoms with E-state index in [1.165, 1.54) is 0 Å². The van der Waals surface area contributed by atoms with Gasteiger partial charge in [-0.15, -0.1) is 0 Å². The van der Waals surface area contributed by atoms with Crippen molar-refractivity contribution in [1.29, 1.82) is 0 Å². The summed E-state index contributed by atoms with van der Waals surface area (Å²) in [6.07, 6.45) is -3.83. The van der Waals surface area contributed by atoms with Gasteiger partial charge in [0, 0.05) is 62.6 Å². The highest BCUT2D eigenvalue weighted by Crippen LogP contribution is 2.36. The zero-order valence-electron chi connectivity index (χ0n) is 21.9. The Kier molecular flexibility index (Phi) is 6.65. The van der Waals surface area contributed by atoms with Gasteiger partial charge in [-0.25, -0.2) is 5.10 Å². The van der Waals surface area contributed by atoms with Crippen LogP contribution in [0.2, 0.25) is 0 Å². The van der Waals surface area contributed by atoms with Crippen molar-refractivity contribution in [2.75, 3.05) is 56.0 Å². The number of halogens is 3. The molecule has 0 bridgehead atoms. The first-order chi connectivity index (χ1) is 19.2. The summed E-state index contributed by atoms with van der Waals surface area (Å²) in [6.45, 7) is 5.88. The third-order valence-electron chi connectivity index (χ3n) is 7.70. The molecule has 1 atom stereocenters. The van der Waals surface area contributed by atoms with Crippen molar-refractivity contribution in [2.45, 2.75) is 19.1 Å². The number of para-hydroxylation sites is 2. The van der Waals surface area contributed by atoms with Crippen LogP contribution in [0.15, 0.2) is 57.9 Å². The molecule has 2 aliphatic rings. The summed E-state index contributed by atoms with van der Waals surface area (Å²) in [5.74, 6) is -0.0267. The van der Waals surface area contributed by atoms with Gasteiger partial charge in [-0.05, 0) is 19.1 Å². The highest BCUT2D eigenvalue weighted by molar-refractivity contribution is 6.08. The summed E-state index contributed by atoms with van der Waals surface area (Å²) in [5.41, 5.74) is -0.184. The minimum absolute atomic E-state index is 0.108. The van der Waals surface area contributed by atoms with Crippen LogP contribution in [0.5, 0.6) is 0 Å². The summed E-state index contributed by atoms with van der Waals surface area (Å²) in [4.78, 5) is 31.0. The largest absolute Gasteiger partial charge is 0.454 e. The smallest absolute Gasteiger partial charge is 0.423 e. The van der Waals surface area contributed by atoms with E-state index < -0.39 is 17.3 Å². The van der Waals surface area contributed by atoms with Crippen molar-refractivity contribution in [1.82, 2.24) is 20.0 Å². The second-order valence-corrected chi connectivity index (χ2v) is 10.5. The molecule has 1 amide bonds. The van der Waals surface area contributed by atoms with Gasteiger partial charge in [0.05, 0.1) is 23.5 Å². The molecule has 0 unspecified atom stereocenters. The fourth-order valence-electron chi connectivity index (χ4n) is 5.77. The zero-order valence-corrected chi connectivity index (χ0v) is 21.9. The van der Waals surface area contributed by atoms with Crippen LogP contribution >= 0.6 is 0 Å². The SMILES string of the molecule is C[C@@H](CN1CC(C(=O)N2CCN(c3cccc4c3oc3ccccc34)CC2)C1)Nc1cn[nH]c(=O)c1C(F)(F)F. The van der Waals surface area contributed by atoms with Crippen LogP contribution in [0.1, 0.15) is 12.5 Å². The average molecular weight is 555 g/mol. The first-order valence-corrected chi connectivity index (χ1v) is 13.3. The number of amides is 1. The number of anilines is 2. The van der Waals surface area contributed by atoms with Gasteiger partial charge in [0.2, 0.25) is 5.91 Å². The van der Waals surface area contributed by atoms with Gasteiger partial charge in [-0.1, -0.05) is 30.3 Å². The van der Waals surface area contributed by atoms with Crippen molar-refractivity contribution in [3.63, 3.8) is 0 Å². The van der Waals surface area contributed by atoms with E-state index in [2.05, 4.69) is 33.5 Å². The number of aromatic amines is 1. The Bertz CT molecular complexity index is 1600. The van der Waals surface area contributed by atoms with Crippen LogP contribution < -0.4 is 15.8 Å². The van der Waals surface area contributed by atoms with E-state index in [4.69, 9.17) is 4.42 Å². The second kappa shape index (κ2) is 10.2. The number of rotatable bonds is 6. The first kappa shape index (κ1) is 26.2. The Hall–Kier alpha value is -4.06. The molecule has 2 aromatic heterocycles. The molecule has 0 spiro atoms. The van der Waals surface area contributed by atoms with E-state index in [0.29, 0.717) is 45.8 Å². The number of likely N-dealkylation sites (tertiary alicyclic amines) is 1. The highest BCUT2D eigenvalue weighted by atomic mass is 19.4. The van der Waals surface area contributed by atoms with E-state index in [9.17, 15) is 22.8 Å². The third kappa shape index (κ3) is 4.87. The number of alkyl halides is 3. The minimum atomic E-state index is -4.80. The maximum absolute atomic E-state index is 13.3. The van der Waals surface area contributed by atoms with Crippen molar-refractivity contribution in [3.8, 4) is 0 Å². The Morgan fingerprint density at radius 1 is 1.10 bits per heavy atom. The molecule has 2 aliphatic heterocycles. The minimum Gasteiger partial charge on any atom is -0.454 e. The molecule has 4 aromatic rings. The molecule has 40 heavy (non-hydrogen) atoms. The summed E-state index contributed by atoms with van der Waals surface area (Å²) in [5, 5.41) is 10.2. The van der Waals surface area contributed by atoms with Gasteiger partial charge in [0.1, 0.15) is 11.1 Å². The number of carbonyl (C=O) groups excluding carboxylic acids is 1. The molecule has 9 nitrogen and oxygen atoms in total. The predicted octanol–water partition coefficient (Wildman–Crippen LogP) is 3.77. The zero-order chi connectivity index (χ0) is 28.0. The van der Waals surface area contributed by atoms with Crippen LogP contribution in [0.4, 0.5) is 24.5 Å². The van der Waals surface area contributed by atoms with E-state index in [0.717, 1.165) is 33.8 Å². The quantitative estimate of drug-likeness (QED) is 0.375. The third-order valence-corrected chi connectivity index (χ3v) is 7.70. The van der Waals surface area contributed by atoms with Crippen molar-refractivity contribution in [3.05, 3.63) is 64.6 Å². The maximum atomic E-state index is 13.3. The van der Waals surface area contributed by atoms with Gasteiger partial charge in [0.25, 0.3) is 5.56 Å². The lowest BCUT2D eigenvalue weighted by Crippen LogP contribution is -2.59. The molecule has 0 aliphatic carbocycles. The van der Waals surface area contributed by atoms with Crippen LogP contribution in [0, 0.1) is 5.92 Å². The van der Waals surface area contributed by atoms with Gasteiger partial charge in [0.15, 0.2) is 5.58 Å². The number of furan rings is 1. The predicted molar refractivity (Wildman–Crippen MR) is 145 cm³/mol. The van der Waals surface area contributed by atoms with E-state index >= 15 is 0 Å². The number of piperazine rings is 1. The number of nitrogens with one attached hydrogen (secondary N) is 2. The van der Waals surface area contributed by atoms with E-state index in [-0.39, 0.29) is 23.6 Å². The molecule has 12 heteroatoms. The monoisotopic (exact) mass is 554 g/mol. The summed E-state index contributed by atoms with van der Waals surface area (Å²) in [7, 11) is 0. The van der Waals surface area contributed by atoms with Crippen LogP contribution in [0.25, 0.3) is 21.9 Å². The van der Waals surface area contributed by atoms with Gasteiger partial charge < -0.3 is 19.5 Å². The van der Waals surface area contributed by atoms with Crippen molar-refractivity contribution < 1.29 is 22.4 Å². The standard InChI is InChI=1S/C28H29F3N6O3/c1-17(33-21-13-32-34-26(38)24(21)28(29,30)31)14-35-15-18(16-35)27(39)37-11-9-36(10-12-37)22-7-4-6-20-19-5-2-3-8-23(19)40-25(20)22/h2-8,13,17-18H,9-12,14-16H2,1H3,(H2,33,34,38)/t17-/m0/s1. The number of hydrogen-bond acceptors (Lipinski definition) is 7. The fourth-order valence-corrected chi connectivity index (χ4v) is 5.77. The fraction of sp³-hybridized carbons (Fsp3) is 0.393. The van der Waals surface area contributed by atoms with E-state index in [1.54, 1.807) is 6.92 Å². The Balaban J connectivity index is 1.02. The van der Waals surface area contributed by atoms with Crippen LogP contribution in [-0.2, 0) is 11.0 Å². The van der Waals surface area contributed by atoms with Crippen molar-refractivity contribution in [2.24, 2.45) is 5.92 Å². The molecule has 210 valence electrons. The van der Waals surface area contributed by atoms with E-state index in [1.807, 2.05) is 39.2 Å². The Labute approximate surface area is 227 Å². The summed E-state index contributed by atoms with van der Waals surface area (Å²) in [6, 6.07) is 13.8. The average Bonchev–Trinajstić information content (AvgIpc) is 3.28. The molecule has 4 heterocycles. The molecule has 2 N–H and O–H groups in total. The lowest BCUT2D eigenvalue weighted by atomic mass is 9.97. The molecule has 6 rings (SSSR count). The highest BCUT2D eigenvalue weighted by Gasteiger charge is 2.39. The van der Waals surface area contributed by atoms with Crippen LogP contribution in [0.3, 0.4) is 0 Å². The lowest BCUT2D eigenvalue weighted by Gasteiger charge is -2.44. The number of nitrogens with zero attached hydrogens (tertiary/aromatic N) is 4. The summed E-state index contributed by atoms with van der Waals surface area (Å²) >= 11 is 0. The van der Waals surface area contributed by atoms with Crippen molar-refractivity contribution >= 4 is 39.2 Å². The summed E-state index contributed by atoms with van der Waals surface area (Å²) < 4.78 is 46.1. The van der Waals surface area contributed by atoms with Gasteiger partial charge >= 0.3 is 6.18 Å². The molecular weight excluding hydrogens is 525 g/mol. The first-order valence-electron chi connectivity index (χ1n) is 13.3. The molecule has 2 saturated heterocycles. The maximum Gasteiger partial charge on any atom is 0.423 e. The molecular formula is C28H29F3N6O3. The Morgan fingerprint density at radius 3 is 2.58 bits per heavy atom.